The zero-order chi connectivity index (χ0) is 23.4. The average Bonchev–Trinajstić information content (AvgIpc) is 3.48. The number of hydrogen-bond donors (Lipinski definition) is 2. The smallest absolute Gasteiger partial charge is 0.238 e. The van der Waals surface area contributed by atoms with Crippen molar-refractivity contribution in [2.45, 2.75) is 24.7 Å². The number of nitrogens with one attached hydrogen (secondary N) is 2. The zero-order valence-corrected chi connectivity index (χ0v) is 19.0. The van der Waals surface area contributed by atoms with Crippen LogP contribution in [0.5, 0.6) is 0 Å². The van der Waals surface area contributed by atoms with Gasteiger partial charge in [-0.15, -0.1) is 0 Å². The Morgan fingerprint density at radius 2 is 1.79 bits per heavy atom. The summed E-state index contributed by atoms with van der Waals surface area (Å²) in [6.45, 7) is 2.31. The maximum Gasteiger partial charge on any atom is 0.238 e. The Kier molecular flexibility index (Phi) is 6.38. The number of aromatic nitrogens is 1. The molecule has 2 N–H and O–H groups in total. The molecule has 3 heterocycles. The van der Waals surface area contributed by atoms with Crippen LogP contribution in [0.2, 0.25) is 0 Å². The van der Waals surface area contributed by atoms with Crippen LogP contribution in [0.3, 0.4) is 0 Å². The molecule has 1 aliphatic carbocycles. The summed E-state index contributed by atoms with van der Waals surface area (Å²) in [7, 11) is 0. The third-order valence-corrected chi connectivity index (χ3v) is 6.54. The first-order valence-electron chi connectivity index (χ1n) is 11.6. The topological polar surface area (TPSA) is 83.6 Å². The van der Waals surface area contributed by atoms with E-state index in [1.807, 2.05) is 59.5 Å². The molecular formula is C27H28N4O3. The van der Waals surface area contributed by atoms with Crippen molar-refractivity contribution in [2.24, 2.45) is 0 Å². The fourth-order valence-electron chi connectivity index (χ4n) is 5.02. The molecule has 34 heavy (non-hydrogen) atoms. The monoisotopic (exact) mass is 456 g/mol. The molecule has 0 bridgehead atoms. The SMILES string of the molecule is O=C(CN1CCOC1)Nc1ccc2c(c1)CC1(CC(=O)Nc3ncccc31)C2.c1ccccc1. The molecule has 0 radical (unpaired) electrons. The van der Waals surface area contributed by atoms with E-state index in [1.54, 1.807) is 6.20 Å². The Morgan fingerprint density at radius 1 is 1.03 bits per heavy atom. The van der Waals surface area contributed by atoms with Crippen molar-refractivity contribution in [1.82, 2.24) is 9.88 Å². The second kappa shape index (κ2) is 9.75. The highest BCUT2D eigenvalue weighted by molar-refractivity contribution is 5.95. The van der Waals surface area contributed by atoms with E-state index in [0.29, 0.717) is 32.1 Å². The summed E-state index contributed by atoms with van der Waals surface area (Å²) >= 11 is 0. The summed E-state index contributed by atoms with van der Waals surface area (Å²) in [6, 6.07) is 22.1. The van der Waals surface area contributed by atoms with E-state index >= 15 is 0 Å². The van der Waals surface area contributed by atoms with E-state index in [-0.39, 0.29) is 17.2 Å². The van der Waals surface area contributed by atoms with Crippen LogP contribution in [0.25, 0.3) is 0 Å². The number of ether oxygens (including phenoxy) is 1. The highest BCUT2D eigenvalue weighted by Crippen LogP contribution is 2.47. The normalized spacial score (nSPS) is 20.6. The Hall–Kier alpha value is -3.55. The van der Waals surface area contributed by atoms with Gasteiger partial charge in [0.2, 0.25) is 11.8 Å². The van der Waals surface area contributed by atoms with Gasteiger partial charge in [0, 0.05) is 35.8 Å². The number of pyridine rings is 1. The highest BCUT2D eigenvalue weighted by atomic mass is 16.5. The van der Waals surface area contributed by atoms with Gasteiger partial charge in [0.05, 0.1) is 19.9 Å². The minimum absolute atomic E-state index is 0.0142. The van der Waals surface area contributed by atoms with Crippen LogP contribution in [0.1, 0.15) is 23.1 Å². The van der Waals surface area contributed by atoms with Gasteiger partial charge in [-0.2, -0.15) is 0 Å². The van der Waals surface area contributed by atoms with Gasteiger partial charge in [0.15, 0.2) is 0 Å². The average molecular weight is 457 g/mol. The second-order valence-corrected chi connectivity index (χ2v) is 9.03. The number of amides is 2. The van der Waals surface area contributed by atoms with Crippen molar-refractivity contribution in [1.29, 1.82) is 0 Å². The highest BCUT2D eigenvalue weighted by Gasteiger charge is 2.45. The number of nitrogens with zero attached hydrogens (tertiary/aromatic N) is 2. The molecule has 174 valence electrons. The van der Waals surface area contributed by atoms with Crippen LogP contribution in [-0.2, 0) is 32.6 Å². The van der Waals surface area contributed by atoms with E-state index in [2.05, 4.69) is 27.8 Å². The third kappa shape index (κ3) is 4.85. The van der Waals surface area contributed by atoms with Crippen LogP contribution in [0.4, 0.5) is 11.5 Å². The molecule has 1 atom stereocenters. The third-order valence-electron chi connectivity index (χ3n) is 6.54. The molecule has 2 aliphatic heterocycles. The largest absolute Gasteiger partial charge is 0.365 e. The van der Waals surface area contributed by atoms with E-state index in [9.17, 15) is 9.59 Å². The van der Waals surface area contributed by atoms with Crippen molar-refractivity contribution < 1.29 is 14.3 Å². The van der Waals surface area contributed by atoms with Crippen LogP contribution < -0.4 is 10.6 Å². The van der Waals surface area contributed by atoms with Crippen molar-refractivity contribution in [3.8, 4) is 0 Å². The van der Waals surface area contributed by atoms with Gasteiger partial charge in [0.1, 0.15) is 5.82 Å². The molecule has 2 aromatic carbocycles. The number of carbonyl (C=O) groups excluding carboxylic acids is 2. The quantitative estimate of drug-likeness (QED) is 0.631. The molecule has 1 unspecified atom stereocenters. The van der Waals surface area contributed by atoms with Crippen molar-refractivity contribution in [2.75, 3.05) is 37.1 Å². The van der Waals surface area contributed by atoms with Gasteiger partial charge in [-0.05, 0) is 42.2 Å². The van der Waals surface area contributed by atoms with Crippen LogP contribution in [0.15, 0.2) is 72.9 Å². The molecule has 7 heteroatoms. The summed E-state index contributed by atoms with van der Waals surface area (Å²) in [6.07, 6.45) is 3.75. The lowest BCUT2D eigenvalue weighted by Crippen LogP contribution is -2.38. The Balaban J connectivity index is 0.000000351. The van der Waals surface area contributed by atoms with Crippen molar-refractivity contribution in [3.05, 3.63) is 89.6 Å². The maximum atomic E-state index is 12.3. The van der Waals surface area contributed by atoms with Gasteiger partial charge in [-0.25, -0.2) is 4.98 Å². The standard InChI is InChI=1S/C21H22N4O3.C6H6/c26-18-11-21(17-2-1-5-22-20(17)24-18)9-14-3-4-16(8-15(14)10-21)23-19(27)12-25-6-7-28-13-25;1-2-4-6-5-3-1/h1-5,8H,6-7,9-13H2,(H,23,27)(H,22,24,26);1-6H. The van der Waals surface area contributed by atoms with Gasteiger partial charge < -0.3 is 15.4 Å². The number of rotatable bonds is 3. The Labute approximate surface area is 199 Å². The van der Waals surface area contributed by atoms with E-state index in [4.69, 9.17) is 4.74 Å². The summed E-state index contributed by atoms with van der Waals surface area (Å²) in [5.74, 6) is 0.651. The molecule has 1 aromatic heterocycles. The predicted octanol–water partition coefficient (Wildman–Crippen LogP) is 3.38. The van der Waals surface area contributed by atoms with Gasteiger partial charge >= 0.3 is 0 Å². The molecular weight excluding hydrogens is 428 g/mol. The van der Waals surface area contributed by atoms with Crippen LogP contribution in [0, 0.1) is 0 Å². The lowest BCUT2D eigenvalue weighted by molar-refractivity contribution is -0.118. The lowest BCUT2D eigenvalue weighted by Gasteiger charge is -2.34. The molecule has 1 fully saturated rings. The second-order valence-electron chi connectivity index (χ2n) is 9.03. The first kappa shape index (κ1) is 22.3. The minimum Gasteiger partial charge on any atom is -0.365 e. The van der Waals surface area contributed by atoms with Gasteiger partial charge in [0.25, 0.3) is 0 Å². The van der Waals surface area contributed by atoms with Gasteiger partial charge in [-0.3, -0.25) is 14.5 Å². The molecule has 3 aliphatic rings. The zero-order valence-electron chi connectivity index (χ0n) is 19.0. The van der Waals surface area contributed by atoms with Crippen molar-refractivity contribution in [3.63, 3.8) is 0 Å². The van der Waals surface area contributed by atoms with Crippen LogP contribution >= 0.6 is 0 Å². The molecule has 1 saturated heterocycles. The van der Waals surface area contributed by atoms with Gasteiger partial charge in [-0.1, -0.05) is 48.5 Å². The number of anilines is 2. The summed E-state index contributed by atoms with van der Waals surface area (Å²) in [5.41, 5.74) is 4.07. The van der Waals surface area contributed by atoms with E-state index < -0.39 is 0 Å². The molecule has 0 saturated carbocycles. The lowest BCUT2D eigenvalue weighted by atomic mass is 9.73. The first-order chi connectivity index (χ1) is 16.6. The fourth-order valence-corrected chi connectivity index (χ4v) is 5.02. The molecule has 6 rings (SSSR count). The molecule has 7 nitrogen and oxygen atoms in total. The molecule has 3 aromatic rings. The first-order valence-corrected chi connectivity index (χ1v) is 11.6. The van der Waals surface area contributed by atoms with E-state index in [0.717, 1.165) is 30.6 Å². The summed E-state index contributed by atoms with van der Waals surface area (Å²) < 4.78 is 5.28. The fraction of sp³-hybridized carbons (Fsp3) is 0.296. The number of fused-ring (bicyclic) bond motifs is 3. The van der Waals surface area contributed by atoms with Crippen LogP contribution in [-0.4, -0.2) is 48.1 Å². The molecule has 1 spiro atoms. The maximum absolute atomic E-state index is 12.3. The van der Waals surface area contributed by atoms with E-state index in [1.165, 1.54) is 11.1 Å². The summed E-state index contributed by atoms with van der Waals surface area (Å²) in [5, 5.41) is 5.88. The minimum atomic E-state index is -0.246. The predicted molar refractivity (Wildman–Crippen MR) is 130 cm³/mol. The molecule has 2 amide bonds. The van der Waals surface area contributed by atoms with Crippen molar-refractivity contribution >= 4 is 23.3 Å². The Bertz CT molecular complexity index is 1150. The number of benzene rings is 2. The number of carbonyl (C=O) groups is 2. The number of hydrogen-bond acceptors (Lipinski definition) is 5. The summed E-state index contributed by atoms with van der Waals surface area (Å²) in [4.78, 5) is 30.9. The Morgan fingerprint density at radius 3 is 2.53 bits per heavy atom.